The molecule has 0 spiro atoms. The van der Waals surface area contributed by atoms with Crippen LogP contribution in [0.3, 0.4) is 0 Å². The van der Waals surface area contributed by atoms with Gasteiger partial charge in [0, 0.05) is 43.4 Å². The zero-order valence-corrected chi connectivity index (χ0v) is 64.4. The molecule has 0 bridgehead atoms. The van der Waals surface area contributed by atoms with E-state index >= 15 is 0 Å². The molecule has 17 heteroatoms. The maximum Gasteiger partial charge on any atom is 0.416 e. The molecule has 0 aliphatic carbocycles. The number of hydrogen-bond donors (Lipinski definition) is 6. The first-order valence-electron chi connectivity index (χ1n) is 35.3. The van der Waals surface area contributed by atoms with E-state index in [2.05, 4.69) is 0 Å². The van der Waals surface area contributed by atoms with Crippen LogP contribution in [0.25, 0.3) is 36.5 Å². The van der Waals surface area contributed by atoms with Gasteiger partial charge in [-0.2, -0.15) is 13.2 Å². The lowest BCUT2D eigenvalue weighted by atomic mass is 10.0. The average Bonchev–Trinajstić information content (AvgIpc) is 0.834. The molecule has 114 heavy (non-hydrogen) atoms. The Morgan fingerprint density at radius 2 is 0.588 bits per heavy atom. The van der Waals surface area contributed by atoms with Crippen LogP contribution in [0.4, 0.5) is 13.2 Å². The van der Waals surface area contributed by atoms with E-state index in [0.29, 0.717) is 54.6 Å². The number of hydrogen-bond acceptors (Lipinski definition) is 12. The molecule has 12 aromatic carbocycles. The van der Waals surface area contributed by atoms with Crippen LogP contribution in [0.15, 0.2) is 309 Å². The maximum atomic E-state index is 12.7. The van der Waals surface area contributed by atoms with Gasteiger partial charge in [0.15, 0.2) is 34.7 Å². The van der Waals surface area contributed by atoms with Crippen molar-refractivity contribution < 1.29 is 72.6 Å². The average molecular weight is 1570 g/mol. The first-order chi connectivity index (χ1) is 54.3. The standard InChI is InChI=1S/C17H13F3O2.2C16H13ClO2.3C16H14O2/c1-11-8-12(10-14(9-11)17(18,19)20)2-7-16(22)13-3-5-15(21)6-4-13;1-11-2-3-12(15(17)10-11)6-9-16(19)13-4-7-14(18)8-5-13;1-11-5-6-12(9-15(11)17)7-8-16(19)13-3-2-4-14(18)10-13;1-12-4-2-5-13(10-12)8-9-16(18)14-6-3-7-15(17)11-14;2*1-12-5-7-13(8-6-12)9-10-16(18)14-3-2-4-15(17)11-14/h2-10,21H,1H3;2*2-10,18H,1H3;3*2-11,17H,1H3/b7-2+;9-6+;8-7+;9-8+;2*10-9+. The Hall–Kier alpha value is -13.7. The minimum atomic E-state index is -4.42. The molecule has 6 N–H and O–H groups in total. The van der Waals surface area contributed by atoms with Gasteiger partial charge in [0.05, 0.1) is 5.56 Å². The summed E-state index contributed by atoms with van der Waals surface area (Å²) in [5.74, 6) is -0.433. The van der Waals surface area contributed by atoms with Crippen LogP contribution in [0.1, 0.15) is 134 Å². The highest BCUT2D eigenvalue weighted by atomic mass is 35.5. The van der Waals surface area contributed by atoms with Crippen molar-refractivity contribution in [2.24, 2.45) is 0 Å². The number of phenols is 6. The van der Waals surface area contributed by atoms with Gasteiger partial charge in [-0.3, -0.25) is 28.8 Å². The molecule has 0 fully saturated rings. The Morgan fingerprint density at radius 3 is 0.956 bits per heavy atom. The summed E-state index contributed by atoms with van der Waals surface area (Å²) in [4.78, 5) is 71.2. The van der Waals surface area contributed by atoms with E-state index in [1.807, 2.05) is 144 Å². The van der Waals surface area contributed by atoms with Crippen LogP contribution in [-0.4, -0.2) is 65.3 Å². The highest BCUT2D eigenvalue weighted by Gasteiger charge is 2.30. The summed E-state index contributed by atoms with van der Waals surface area (Å²) in [6.45, 7) is 11.5. The molecule has 12 rings (SSSR count). The SMILES string of the molecule is Cc1cc(/C=C/C(=O)c2ccc(O)cc2)cc(C(F)(F)F)c1.Cc1ccc(/C=C/C(=O)c2ccc(O)cc2)c(Cl)c1.Cc1ccc(/C=C/C(=O)c2cccc(O)c2)cc1.Cc1ccc(/C=C/C(=O)c2cccc(O)c2)cc1.Cc1ccc(/C=C/C(=O)c2cccc(O)c2)cc1Cl.Cc1cccc(/C=C/C(=O)c2cccc(O)c2)c1. The van der Waals surface area contributed by atoms with Gasteiger partial charge in [0.2, 0.25) is 0 Å². The van der Waals surface area contributed by atoms with E-state index < -0.39 is 11.7 Å². The van der Waals surface area contributed by atoms with Crippen molar-refractivity contribution in [1.82, 2.24) is 0 Å². The second kappa shape index (κ2) is 43.6. The van der Waals surface area contributed by atoms with Crippen LogP contribution in [0, 0.1) is 41.5 Å². The molecule has 12 aromatic rings. The molecule has 576 valence electrons. The number of aromatic hydroxyl groups is 6. The van der Waals surface area contributed by atoms with Crippen molar-refractivity contribution in [1.29, 1.82) is 0 Å². The predicted molar refractivity (Wildman–Crippen MR) is 451 cm³/mol. The van der Waals surface area contributed by atoms with Crippen molar-refractivity contribution in [3.05, 3.63) is 425 Å². The summed E-state index contributed by atoms with van der Waals surface area (Å²) < 4.78 is 38.2. The molecule has 0 radical (unpaired) electrons. The van der Waals surface area contributed by atoms with E-state index in [0.717, 1.165) is 56.6 Å². The molecule has 12 nitrogen and oxygen atoms in total. The second-order valence-corrected chi connectivity index (χ2v) is 26.7. The number of allylic oxidation sites excluding steroid dienone is 6. The number of carbonyl (C=O) groups is 6. The number of carbonyl (C=O) groups excluding carboxylic acids is 6. The van der Waals surface area contributed by atoms with Gasteiger partial charge >= 0.3 is 6.18 Å². The van der Waals surface area contributed by atoms with Gasteiger partial charge in [0.25, 0.3) is 0 Å². The zero-order valence-electron chi connectivity index (χ0n) is 62.9. The highest BCUT2D eigenvalue weighted by molar-refractivity contribution is 6.32. The molecule has 0 saturated carbocycles. The van der Waals surface area contributed by atoms with E-state index in [9.17, 15) is 62.4 Å². The molecule has 0 unspecified atom stereocenters. The minimum Gasteiger partial charge on any atom is -0.508 e. The third-order valence-electron chi connectivity index (χ3n) is 16.4. The van der Waals surface area contributed by atoms with Gasteiger partial charge in [-0.1, -0.05) is 222 Å². The smallest absolute Gasteiger partial charge is 0.416 e. The van der Waals surface area contributed by atoms with Crippen molar-refractivity contribution in [2.45, 2.75) is 47.7 Å². The quantitative estimate of drug-likeness (QED) is 0.0349. The molecule has 0 atom stereocenters. The molecule has 0 heterocycles. The molecule has 0 aliphatic rings. The van der Waals surface area contributed by atoms with Crippen molar-refractivity contribution in [3.8, 4) is 34.5 Å². The van der Waals surface area contributed by atoms with Crippen LogP contribution in [0.5, 0.6) is 34.5 Å². The van der Waals surface area contributed by atoms with Crippen molar-refractivity contribution in [2.75, 3.05) is 0 Å². The normalized spacial score (nSPS) is 11.0. The molecule has 0 saturated heterocycles. The van der Waals surface area contributed by atoms with Crippen LogP contribution in [0.2, 0.25) is 10.0 Å². The third kappa shape index (κ3) is 30.6. The minimum absolute atomic E-state index is 0.0361. The summed E-state index contributed by atoms with van der Waals surface area (Å²) in [6, 6.07) is 75.7. The van der Waals surface area contributed by atoms with Crippen LogP contribution in [-0.2, 0) is 6.18 Å². The number of rotatable bonds is 18. The Kier molecular flexibility index (Phi) is 33.5. The lowest BCUT2D eigenvalue weighted by Crippen LogP contribution is -2.05. The summed E-state index contributed by atoms with van der Waals surface area (Å²) in [6.07, 6.45) is 14.3. The highest BCUT2D eigenvalue weighted by Crippen LogP contribution is 2.31. The molecular weight excluding hydrogens is 1480 g/mol. The fourth-order valence-corrected chi connectivity index (χ4v) is 10.7. The summed E-state index contributed by atoms with van der Waals surface area (Å²) >= 11 is 12.1. The Bertz CT molecular complexity index is 5410. The molecule has 0 aliphatic heterocycles. The Labute approximate surface area is 670 Å². The van der Waals surface area contributed by atoms with Gasteiger partial charge in [0.1, 0.15) is 34.5 Å². The summed E-state index contributed by atoms with van der Waals surface area (Å²) in [7, 11) is 0. The van der Waals surface area contributed by atoms with Crippen molar-refractivity contribution in [3.63, 3.8) is 0 Å². The first kappa shape index (κ1) is 87.5. The van der Waals surface area contributed by atoms with Crippen LogP contribution >= 0.6 is 23.2 Å². The first-order valence-corrected chi connectivity index (χ1v) is 36.1. The zero-order chi connectivity index (χ0) is 82.9. The van der Waals surface area contributed by atoms with E-state index in [1.54, 1.807) is 122 Å². The summed E-state index contributed by atoms with van der Waals surface area (Å²) in [5.41, 5.74) is 13.0. The number of aryl methyl sites for hydroxylation is 6. The van der Waals surface area contributed by atoms with Gasteiger partial charge in [-0.05, 0) is 255 Å². The van der Waals surface area contributed by atoms with Crippen molar-refractivity contribution >= 4 is 94.4 Å². The predicted octanol–water partition coefficient (Wildman–Crippen LogP) is 23.9. The van der Waals surface area contributed by atoms with Gasteiger partial charge < -0.3 is 30.6 Å². The van der Waals surface area contributed by atoms with Gasteiger partial charge in [-0.15, -0.1) is 0 Å². The Morgan fingerprint density at radius 1 is 0.263 bits per heavy atom. The van der Waals surface area contributed by atoms with E-state index in [1.165, 1.54) is 120 Å². The monoisotopic (exact) mass is 1560 g/mol. The lowest BCUT2D eigenvalue weighted by Gasteiger charge is -2.08. The number of phenolic OH excluding ortho intramolecular Hbond substituents is 6. The largest absolute Gasteiger partial charge is 0.508 e. The molecule has 0 amide bonds. The topological polar surface area (TPSA) is 224 Å². The maximum absolute atomic E-state index is 12.7. The fraction of sp³-hybridized carbons (Fsp3) is 0.0722. The molecule has 0 aromatic heterocycles. The molecular formula is C97H81Cl2F3O12. The second-order valence-electron chi connectivity index (χ2n) is 25.9. The lowest BCUT2D eigenvalue weighted by molar-refractivity contribution is -0.137. The number of alkyl halides is 3. The fourth-order valence-electron chi connectivity index (χ4n) is 10.2. The third-order valence-corrected chi connectivity index (χ3v) is 17.1. The van der Waals surface area contributed by atoms with E-state index in [4.69, 9.17) is 33.4 Å². The van der Waals surface area contributed by atoms with E-state index in [-0.39, 0.29) is 69.2 Å². The van der Waals surface area contributed by atoms with Crippen LogP contribution < -0.4 is 0 Å². The number of benzene rings is 12. The summed E-state index contributed by atoms with van der Waals surface area (Å²) in [5, 5.41) is 56.8. The van der Waals surface area contributed by atoms with Gasteiger partial charge in [-0.25, -0.2) is 0 Å². The number of ketones is 6. The number of halogens is 5. The Balaban J connectivity index is 0.000000190.